The van der Waals surface area contributed by atoms with E-state index in [0.717, 1.165) is 17.1 Å². The van der Waals surface area contributed by atoms with E-state index in [4.69, 9.17) is 0 Å². The van der Waals surface area contributed by atoms with Gasteiger partial charge in [0.2, 0.25) is 6.41 Å². The van der Waals surface area contributed by atoms with Crippen LogP contribution in [0.25, 0.3) is 10.8 Å². The Morgan fingerprint density at radius 3 is 2.58 bits per heavy atom. The first-order valence-electron chi connectivity index (χ1n) is 6.72. The minimum atomic E-state index is 0.685. The molecular formula is C16H20N2O. The van der Waals surface area contributed by atoms with Crippen molar-refractivity contribution >= 4 is 22.9 Å². The summed E-state index contributed by atoms with van der Waals surface area (Å²) in [6.07, 6.45) is 3.44. The lowest BCUT2D eigenvalue weighted by molar-refractivity contribution is -0.105. The van der Waals surface area contributed by atoms with E-state index < -0.39 is 0 Å². The molecule has 0 saturated carbocycles. The number of amides is 1. The zero-order valence-corrected chi connectivity index (χ0v) is 11.2. The molecule has 1 fully saturated rings. The summed E-state index contributed by atoms with van der Waals surface area (Å²) in [7, 11) is 0. The van der Waals surface area contributed by atoms with E-state index in [9.17, 15) is 4.79 Å². The fourth-order valence-electron chi connectivity index (χ4n) is 2.21. The van der Waals surface area contributed by atoms with Crippen LogP contribution < -0.4 is 10.6 Å². The summed E-state index contributed by atoms with van der Waals surface area (Å²) in [6, 6.07) is 14.7. The molecule has 3 nitrogen and oxygen atoms in total. The number of benzene rings is 2. The molecule has 1 aliphatic rings. The zero-order valence-electron chi connectivity index (χ0n) is 11.2. The summed E-state index contributed by atoms with van der Waals surface area (Å²) in [6.45, 7) is 3.47. The highest BCUT2D eigenvalue weighted by Gasteiger charge is 2.05. The van der Waals surface area contributed by atoms with Crippen molar-refractivity contribution in [1.29, 1.82) is 0 Å². The number of rotatable bonds is 2. The van der Waals surface area contributed by atoms with Crippen molar-refractivity contribution in [2.75, 3.05) is 11.9 Å². The van der Waals surface area contributed by atoms with Crippen LogP contribution in [-0.2, 0) is 4.79 Å². The van der Waals surface area contributed by atoms with Crippen molar-refractivity contribution in [2.45, 2.75) is 25.8 Å². The minimum Gasteiger partial charge on any atom is -0.329 e. The molecule has 3 heteroatoms. The molecule has 0 radical (unpaired) electrons. The van der Waals surface area contributed by atoms with Crippen molar-refractivity contribution in [3.63, 3.8) is 0 Å². The van der Waals surface area contributed by atoms with Crippen molar-refractivity contribution in [1.82, 2.24) is 5.32 Å². The maximum Gasteiger partial charge on any atom is 0.211 e. The maximum atomic E-state index is 10.2. The third-order valence-electron chi connectivity index (χ3n) is 3.28. The second-order valence-corrected chi connectivity index (χ2v) is 4.82. The lowest BCUT2D eigenvalue weighted by atomic mass is 10.1. The summed E-state index contributed by atoms with van der Waals surface area (Å²) in [4.78, 5) is 10.2. The number of carbonyl (C=O) groups is 1. The molecule has 0 spiro atoms. The molecule has 0 aromatic heterocycles. The second kappa shape index (κ2) is 6.90. The van der Waals surface area contributed by atoms with Crippen molar-refractivity contribution in [2.24, 2.45) is 0 Å². The molecule has 2 aromatic rings. The van der Waals surface area contributed by atoms with Gasteiger partial charge in [-0.15, -0.1) is 0 Å². The van der Waals surface area contributed by atoms with Crippen molar-refractivity contribution in [3.05, 3.63) is 42.5 Å². The van der Waals surface area contributed by atoms with Gasteiger partial charge < -0.3 is 10.6 Å². The number of anilines is 1. The molecule has 1 aliphatic heterocycles. The van der Waals surface area contributed by atoms with Gasteiger partial charge in [-0.1, -0.05) is 30.3 Å². The normalized spacial score (nSPS) is 17.6. The SMILES string of the molecule is CC1CCCN1.O=CNc1ccc2ccccc2c1. The van der Waals surface area contributed by atoms with Gasteiger partial charge >= 0.3 is 0 Å². The Balaban J connectivity index is 0.000000186. The van der Waals surface area contributed by atoms with E-state index in [1.165, 1.54) is 24.8 Å². The standard InChI is InChI=1S/C11H9NO.C5H11N/c13-8-12-11-6-5-9-3-1-2-4-10(9)7-11;1-5-3-2-4-6-5/h1-8H,(H,12,13);5-6H,2-4H2,1H3. The van der Waals surface area contributed by atoms with Crippen LogP contribution in [0.4, 0.5) is 5.69 Å². The van der Waals surface area contributed by atoms with Gasteiger partial charge in [-0.3, -0.25) is 4.79 Å². The highest BCUT2D eigenvalue weighted by molar-refractivity contribution is 5.87. The van der Waals surface area contributed by atoms with Crippen molar-refractivity contribution < 1.29 is 4.79 Å². The molecule has 2 aromatic carbocycles. The van der Waals surface area contributed by atoms with Gasteiger partial charge in [-0.05, 0) is 49.2 Å². The summed E-state index contributed by atoms with van der Waals surface area (Å²) in [5.41, 5.74) is 0.828. The molecule has 19 heavy (non-hydrogen) atoms. The second-order valence-electron chi connectivity index (χ2n) is 4.82. The highest BCUT2D eigenvalue weighted by atomic mass is 16.1. The van der Waals surface area contributed by atoms with Gasteiger partial charge in [0, 0.05) is 11.7 Å². The minimum absolute atomic E-state index is 0.685. The van der Waals surface area contributed by atoms with Crippen molar-refractivity contribution in [3.8, 4) is 0 Å². The first-order valence-corrected chi connectivity index (χ1v) is 6.72. The Morgan fingerprint density at radius 2 is 2.00 bits per heavy atom. The molecule has 0 bridgehead atoms. The number of carbonyl (C=O) groups excluding carboxylic acids is 1. The van der Waals surface area contributed by atoms with Crippen LogP contribution in [0, 0.1) is 0 Å². The van der Waals surface area contributed by atoms with Gasteiger partial charge in [0.15, 0.2) is 0 Å². The Labute approximate surface area is 114 Å². The van der Waals surface area contributed by atoms with Crippen LogP contribution in [0.3, 0.4) is 0 Å². The van der Waals surface area contributed by atoms with Crippen LogP contribution in [-0.4, -0.2) is 19.0 Å². The van der Waals surface area contributed by atoms with Crippen LogP contribution in [0.1, 0.15) is 19.8 Å². The monoisotopic (exact) mass is 256 g/mol. The summed E-state index contributed by atoms with van der Waals surface area (Å²) in [5, 5.41) is 8.25. The van der Waals surface area contributed by atoms with Gasteiger partial charge in [-0.25, -0.2) is 0 Å². The van der Waals surface area contributed by atoms with Gasteiger partial charge in [0.05, 0.1) is 0 Å². The van der Waals surface area contributed by atoms with E-state index >= 15 is 0 Å². The Kier molecular flexibility index (Phi) is 4.93. The van der Waals surface area contributed by atoms with Crippen LogP contribution in [0.5, 0.6) is 0 Å². The maximum absolute atomic E-state index is 10.2. The molecule has 1 heterocycles. The molecule has 1 unspecified atom stereocenters. The Hall–Kier alpha value is -1.87. The molecule has 1 atom stereocenters. The topological polar surface area (TPSA) is 41.1 Å². The van der Waals surface area contributed by atoms with E-state index in [-0.39, 0.29) is 0 Å². The first-order chi connectivity index (χ1) is 9.29. The largest absolute Gasteiger partial charge is 0.329 e. The van der Waals surface area contributed by atoms with E-state index in [1.54, 1.807) is 0 Å². The van der Waals surface area contributed by atoms with E-state index in [2.05, 4.69) is 17.6 Å². The lowest BCUT2D eigenvalue weighted by Crippen LogP contribution is -2.16. The number of fused-ring (bicyclic) bond motifs is 1. The molecule has 100 valence electrons. The highest BCUT2D eigenvalue weighted by Crippen LogP contribution is 2.17. The average molecular weight is 256 g/mol. The van der Waals surface area contributed by atoms with Gasteiger partial charge in [0.1, 0.15) is 0 Å². The molecule has 1 saturated heterocycles. The quantitative estimate of drug-likeness (QED) is 0.810. The fraction of sp³-hybridized carbons (Fsp3) is 0.312. The molecule has 3 rings (SSSR count). The van der Waals surface area contributed by atoms with Crippen LogP contribution in [0.15, 0.2) is 42.5 Å². The third kappa shape index (κ3) is 4.07. The predicted molar refractivity (Wildman–Crippen MR) is 80.3 cm³/mol. The predicted octanol–water partition coefficient (Wildman–Crippen LogP) is 3.17. The molecular weight excluding hydrogens is 236 g/mol. The van der Waals surface area contributed by atoms with Gasteiger partial charge in [-0.2, -0.15) is 0 Å². The average Bonchev–Trinajstić information content (AvgIpc) is 2.91. The molecule has 0 aliphatic carbocycles. The Morgan fingerprint density at radius 1 is 1.21 bits per heavy atom. The summed E-state index contributed by atoms with van der Waals surface area (Å²) in [5.74, 6) is 0. The smallest absolute Gasteiger partial charge is 0.211 e. The third-order valence-corrected chi connectivity index (χ3v) is 3.28. The van der Waals surface area contributed by atoms with Crippen LogP contribution >= 0.6 is 0 Å². The number of hydrogen-bond acceptors (Lipinski definition) is 2. The first kappa shape index (κ1) is 13.6. The van der Waals surface area contributed by atoms with E-state index in [1.807, 2.05) is 42.5 Å². The molecule has 1 amide bonds. The van der Waals surface area contributed by atoms with E-state index in [0.29, 0.717) is 6.41 Å². The Bertz CT molecular complexity index is 533. The fourth-order valence-corrected chi connectivity index (χ4v) is 2.21. The number of hydrogen-bond donors (Lipinski definition) is 2. The summed E-state index contributed by atoms with van der Waals surface area (Å²) < 4.78 is 0. The number of nitrogens with one attached hydrogen (secondary N) is 2. The van der Waals surface area contributed by atoms with Crippen LogP contribution in [0.2, 0.25) is 0 Å². The zero-order chi connectivity index (χ0) is 13.5. The lowest BCUT2D eigenvalue weighted by Gasteiger charge is -2.00. The van der Waals surface area contributed by atoms with Gasteiger partial charge in [0.25, 0.3) is 0 Å². The molecule has 2 N–H and O–H groups in total. The summed E-state index contributed by atoms with van der Waals surface area (Å²) >= 11 is 0.